The Morgan fingerprint density at radius 1 is 1.23 bits per heavy atom. The van der Waals surface area contributed by atoms with Gasteiger partial charge in [-0.3, -0.25) is 4.79 Å². The summed E-state index contributed by atoms with van der Waals surface area (Å²) < 4.78 is 0. The number of rotatable bonds is 0. The van der Waals surface area contributed by atoms with Crippen LogP contribution in [0, 0.1) is 11.8 Å². The second kappa shape index (κ2) is 2.57. The minimum absolute atomic E-state index is 0.413. The van der Waals surface area contributed by atoms with Crippen LogP contribution < -0.4 is 0 Å². The largest absolute Gasteiger partial charge is 0.295 e. The maximum Gasteiger partial charge on any atom is 0.159 e. The van der Waals surface area contributed by atoms with Gasteiger partial charge in [-0.25, -0.2) is 0 Å². The molecule has 1 nitrogen and oxygen atoms in total. The summed E-state index contributed by atoms with van der Waals surface area (Å²) in [6.07, 6.45) is 10.2. The Balaban J connectivity index is 2.01. The van der Waals surface area contributed by atoms with E-state index in [1.54, 1.807) is 0 Å². The molecular formula is C12H14O. The van der Waals surface area contributed by atoms with Crippen molar-refractivity contribution in [3.63, 3.8) is 0 Å². The summed E-state index contributed by atoms with van der Waals surface area (Å²) >= 11 is 0. The summed E-state index contributed by atoms with van der Waals surface area (Å²) in [5.74, 6) is 1.82. The Kier molecular flexibility index (Phi) is 1.49. The van der Waals surface area contributed by atoms with Crippen LogP contribution in [-0.4, -0.2) is 5.78 Å². The van der Waals surface area contributed by atoms with E-state index in [9.17, 15) is 4.79 Å². The third-order valence-electron chi connectivity index (χ3n) is 3.74. The summed E-state index contributed by atoms with van der Waals surface area (Å²) in [5, 5.41) is 0. The van der Waals surface area contributed by atoms with Gasteiger partial charge in [0.25, 0.3) is 0 Å². The van der Waals surface area contributed by atoms with Gasteiger partial charge in [-0.2, -0.15) is 0 Å². The zero-order chi connectivity index (χ0) is 8.84. The molecule has 2 unspecified atom stereocenters. The summed E-state index contributed by atoms with van der Waals surface area (Å²) in [6.45, 7) is 0. The lowest BCUT2D eigenvalue weighted by atomic mass is 9.80. The molecule has 3 aliphatic carbocycles. The van der Waals surface area contributed by atoms with Crippen molar-refractivity contribution < 1.29 is 4.79 Å². The number of ketones is 1. The number of fused-ring (bicyclic) bond motifs is 2. The van der Waals surface area contributed by atoms with Crippen LogP contribution >= 0.6 is 0 Å². The third-order valence-corrected chi connectivity index (χ3v) is 3.74. The molecule has 3 rings (SSSR count). The minimum atomic E-state index is 0.413. The van der Waals surface area contributed by atoms with Crippen LogP contribution in [0.15, 0.2) is 23.3 Å². The maximum atomic E-state index is 11.5. The van der Waals surface area contributed by atoms with Crippen molar-refractivity contribution in [3.05, 3.63) is 23.3 Å². The molecule has 3 aliphatic rings. The molecule has 0 radical (unpaired) electrons. The van der Waals surface area contributed by atoms with Crippen LogP contribution in [-0.2, 0) is 4.79 Å². The monoisotopic (exact) mass is 174 g/mol. The van der Waals surface area contributed by atoms with E-state index in [0.717, 1.165) is 24.3 Å². The minimum Gasteiger partial charge on any atom is -0.295 e. The van der Waals surface area contributed by atoms with E-state index in [1.807, 2.05) is 0 Å². The van der Waals surface area contributed by atoms with Gasteiger partial charge < -0.3 is 0 Å². The molecular weight excluding hydrogens is 160 g/mol. The molecule has 0 aromatic carbocycles. The standard InChI is InChI=1S/C12H14O/c13-12-5-4-10-6-8-2-1-3-9(8)7-11(10)12/h3,7-8,10H,1-2,4-6H2. The number of carbonyl (C=O) groups excluding carboxylic acids is 1. The first kappa shape index (κ1) is 7.54. The SMILES string of the molecule is O=C1CCC2CC3CCC=C3C=C12. The van der Waals surface area contributed by atoms with Gasteiger partial charge in [0.05, 0.1) is 0 Å². The summed E-state index contributed by atoms with van der Waals surface area (Å²) in [7, 11) is 0. The Bertz CT molecular complexity index is 322. The first-order chi connectivity index (χ1) is 6.34. The van der Waals surface area contributed by atoms with E-state index in [4.69, 9.17) is 0 Å². The van der Waals surface area contributed by atoms with E-state index >= 15 is 0 Å². The van der Waals surface area contributed by atoms with Crippen molar-refractivity contribution in [1.82, 2.24) is 0 Å². The fraction of sp³-hybridized carbons (Fsp3) is 0.583. The zero-order valence-corrected chi connectivity index (χ0v) is 7.75. The third kappa shape index (κ3) is 1.03. The molecule has 0 aliphatic heterocycles. The molecule has 2 atom stereocenters. The van der Waals surface area contributed by atoms with Crippen molar-refractivity contribution in [2.45, 2.75) is 32.1 Å². The van der Waals surface area contributed by atoms with Crippen molar-refractivity contribution >= 4 is 5.78 Å². The van der Waals surface area contributed by atoms with Gasteiger partial charge in [-0.05, 0) is 48.7 Å². The van der Waals surface area contributed by atoms with Crippen molar-refractivity contribution in [1.29, 1.82) is 0 Å². The number of carbonyl (C=O) groups is 1. The molecule has 0 spiro atoms. The lowest BCUT2D eigenvalue weighted by molar-refractivity contribution is -0.114. The fourth-order valence-electron chi connectivity index (χ4n) is 3.01. The highest BCUT2D eigenvalue weighted by Crippen LogP contribution is 2.44. The highest BCUT2D eigenvalue weighted by atomic mass is 16.1. The van der Waals surface area contributed by atoms with Crippen LogP contribution in [0.4, 0.5) is 0 Å². The van der Waals surface area contributed by atoms with Gasteiger partial charge in [0, 0.05) is 6.42 Å². The number of hydrogen-bond donors (Lipinski definition) is 0. The Hall–Kier alpha value is -0.850. The van der Waals surface area contributed by atoms with E-state index in [1.165, 1.54) is 24.8 Å². The predicted octanol–water partition coefficient (Wildman–Crippen LogP) is 2.63. The molecule has 0 amide bonds. The van der Waals surface area contributed by atoms with Gasteiger partial charge in [0.2, 0.25) is 0 Å². The second-order valence-corrected chi connectivity index (χ2v) is 4.47. The van der Waals surface area contributed by atoms with Gasteiger partial charge in [0.15, 0.2) is 5.78 Å². The number of hydrogen-bond acceptors (Lipinski definition) is 1. The molecule has 1 saturated carbocycles. The highest BCUT2D eigenvalue weighted by Gasteiger charge is 2.35. The van der Waals surface area contributed by atoms with E-state index in [2.05, 4.69) is 12.2 Å². The molecule has 13 heavy (non-hydrogen) atoms. The lowest BCUT2D eigenvalue weighted by Crippen LogP contribution is -2.14. The van der Waals surface area contributed by atoms with Crippen molar-refractivity contribution in [3.8, 4) is 0 Å². The van der Waals surface area contributed by atoms with Crippen LogP contribution in [0.2, 0.25) is 0 Å². The molecule has 0 aromatic heterocycles. The Morgan fingerprint density at radius 3 is 3.08 bits per heavy atom. The molecule has 1 heteroatoms. The molecule has 0 bridgehead atoms. The Morgan fingerprint density at radius 2 is 2.15 bits per heavy atom. The highest BCUT2D eigenvalue weighted by molar-refractivity contribution is 5.98. The van der Waals surface area contributed by atoms with Gasteiger partial charge in [-0.1, -0.05) is 12.2 Å². The van der Waals surface area contributed by atoms with Crippen molar-refractivity contribution in [2.75, 3.05) is 0 Å². The average molecular weight is 174 g/mol. The number of Topliss-reactive ketones (excluding diaryl/α,β-unsaturated/α-hetero) is 1. The second-order valence-electron chi connectivity index (χ2n) is 4.47. The molecule has 0 N–H and O–H groups in total. The summed E-state index contributed by atoms with van der Waals surface area (Å²) in [6, 6.07) is 0. The topological polar surface area (TPSA) is 17.1 Å². The summed E-state index contributed by atoms with van der Waals surface area (Å²) in [4.78, 5) is 11.5. The Labute approximate surface area is 78.5 Å². The average Bonchev–Trinajstić information content (AvgIpc) is 2.70. The molecule has 0 aromatic rings. The normalized spacial score (nSPS) is 36.8. The molecule has 68 valence electrons. The number of allylic oxidation sites excluding steroid dienone is 4. The maximum absolute atomic E-state index is 11.5. The lowest BCUT2D eigenvalue weighted by Gasteiger charge is -2.23. The first-order valence-corrected chi connectivity index (χ1v) is 5.29. The summed E-state index contributed by atoms with van der Waals surface area (Å²) in [5.41, 5.74) is 2.60. The van der Waals surface area contributed by atoms with E-state index < -0.39 is 0 Å². The zero-order valence-electron chi connectivity index (χ0n) is 7.75. The quantitative estimate of drug-likeness (QED) is 0.551. The fourth-order valence-corrected chi connectivity index (χ4v) is 3.01. The van der Waals surface area contributed by atoms with E-state index in [-0.39, 0.29) is 0 Å². The van der Waals surface area contributed by atoms with Crippen LogP contribution in [0.5, 0.6) is 0 Å². The van der Waals surface area contributed by atoms with Gasteiger partial charge in [-0.15, -0.1) is 0 Å². The molecule has 0 heterocycles. The molecule has 1 fully saturated rings. The van der Waals surface area contributed by atoms with Gasteiger partial charge >= 0.3 is 0 Å². The van der Waals surface area contributed by atoms with Crippen LogP contribution in [0.3, 0.4) is 0 Å². The predicted molar refractivity (Wildman–Crippen MR) is 51.2 cm³/mol. The van der Waals surface area contributed by atoms with Gasteiger partial charge in [0.1, 0.15) is 0 Å². The van der Waals surface area contributed by atoms with Crippen LogP contribution in [0.1, 0.15) is 32.1 Å². The van der Waals surface area contributed by atoms with E-state index in [0.29, 0.717) is 11.7 Å². The first-order valence-electron chi connectivity index (χ1n) is 5.29. The molecule has 0 saturated heterocycles. The smallest absolute Gasteiger partial charge is 0.159 e. The van der Waals surface area contributed by atoms with Crippen LogP contribution in [0.25, 0.3) is 0 Å². The van der Waals surface area contributed by atoms with Crippen molar-refractivity contribution in [2.24, 2.45) is 11.8 Å².